The highest BCUT2D eigenvalue weighted by molar-refractivity contribution is 7.14. The van der Waals surface area contributed by atoms with Gasteiger partial charge in [-0.15, -0.1) is 11.3 Å². The van der Waals surface area contributed by atoms with Crippen molar-refractivity contribution in [1.29, 1.82) is 0 Å². The Morgan fingerprint density at radius 1 is 1.08 bits per heavy atom. The number of rotatable bonds is 6. The van der Waals surface area contributed by atoms with Crippen LogP contribution in [0.3, 0.4) is 0 Å². The quantitative estimate of drug-likeness (QED) is 0.836. The predicted octanol–water partition coefficient (Wildman–Crippen LogP) is 4.32. The van der Waals surface area contributed by atoms with Gasteiger partial charge in [-0.2, -0.15) is 0 Å². The summed E-state index contributed by atoms with van der Waals surface area (Å²) in [6, 6.07) is 11.4. The fourth-order valence-electron chi connectivity index (χ4n) is 2.34. The van der Waals surface area contributed by atoms with Crippen LogP contribution in [0.15, 0.2) is 36.4 Å². The Balaban J connectivity index is 2.27. The molecule has 2 amide bonds. The monoisotopic (exact) mass is 358 g/mol. The standard InChI is InChI=1S/C20H26N2O2S/c1-6-20(4,5)21-18(23)13-22(16-10-7-14(2)8-11-16)19(24)17-12-9-15(3)25-17/h7-12H,6,13H2,1-5H3,(H,21,23). The Labute approximate surface area is 153 Å². The molecule has 0 saturated carbocycles. The minimum absolute atomic E-state index is 0.00225. The zero-order valence-corrected chi connectivity index (χ0v) is 16.4. The molecule has 0 unspecified atom stereocenters. The van der Waals surface area contributed by atoms with Crippen molar-refractivity contribution in [1.82, 2.24) is 5.32 Å². The van der Waals surface area contributed by atoms with Gasteiger partial charge < -0.3 is 5.32 Å². The van der Waals surface area contributed by atoms with Gasteiger partial charge in [0.1, 0.15) is 6.54 Å². The number of hydrogen-bond acceptors (Lipinski definition) is 3. The second kappa shape index (κ2) is 7.83. The summed E-state index contributed by atoms with van der Waals surface area (Å²) in [5.74, 6) is -0.305. The molecule has 0 fully saturated rings. The van der Waals surface area contributed by atoms with Gasteiger partial charge >= 0.3 is 0 Å². The maximum atomic E-state index is 13.0. The first-order chi connectivity index (χ1) is 11.7. The molecule has 0 aliphatic carbocycles. The predicted molar refractivity (Wildman–Crippen MR) is 104 cm³/mol. The number of aryl methyl sites for hydroxylation is 2. The van der Waals surface area contributed by atoms with Gasteiger partial charge in [-0.25, -0.2) is 0 Å². The molecule has 0 radical (unpaired) electrons. The first kappa shape index (κ1) is 19.2. The largest absolute Gasteiger partial charge is 0.350 e. The van der Waals surface area contributed by atoms with E-state index < -0.39 is 0 Å². The number of thiophene rings is 1. The van der Waals surface area contributed by atoms with E-state index in [1.165, 1.54) is 11.3 Å². The molecule has 0 aliphatic rings. The summed E-state index contributed by atoms with van der Waals surface area (Å²) in [5.41, 5.74) is 1.55. The zero-order chi connectivity index (χ0) is 18.6. The third-order valence-electron chi connectivity index (χ3n) is 4.21. The average molecular weight is 359 g/mol. The Morgan fingerprint density at radius 2 is 1.72 bits per heavy atom. The number of benzene rings is 1. The Kier molecular flexibility index (Phi) is 6.01. The van der Waals surface area contributed by atoms with Crippen molar-refractivity contribution in [3.63, 3.8) is 0 Å². The molecule has 1 N–H and O–H groups in total. The third kappa shape index (κ3) is 5.16. The molecule has 1 aromatic carbocycles. The van der Waals surface area contributed by atoms with Crippen LogP contribution in [-0.4, -0.2) is 23.9 Å². The van der Waals surface area contributed by atoms with Crippen molar-refractivity contribution in [2.75, 3.05) is 11.4 Å². The summed E-state index contributed by atoms with van der Waals surface area (Å²) in [7, 11) is 0. The highest BCUT2D eigenvalue weighted by Gasteiger charge is 2.24. The first-order valence-electron chi connectivity index (χ1n) is 8.48. The van der Waals surface area contributed by atoms with Gasteiger partial charge in [0.25, 0.3) is 5.91 Å². The van der Waals surface area contributed by atoms with Crippen LogP contribution in [0.5, 0.6) is 0 Å². The van der Waals surface area contributed by atoms with Crippen LogP contribution in [0.25, 0.3) is 0 Å². The lowest BCUT2D eigenvalue weighted by Gasteiger charge is -2.27. The van der Waals surface area contributed by atoms with E-state index in [0.717, 1.165) is 22.5 Å². The Hall–Kier alpha value is -2.14. The topological polar surface area (TPSA) is 49.4 Å². The summed E-state index contributed by atoms with van der Waals surface area (Å²) >= 11 is 1.44. The van der Waals surface area contributed by atoms with Crippen molar-refractivity contribution in [3.8, 4) is 0 Å². The van der Waals surface area contributed by atoms with Crippen LogP contribution in [-0.2, 0) is 4.79 Å². The molecule has 2 aromatic rings. The van der Waals surface area contributed by atoms with Crippen LogP contribution >= 0.6 is 11.3 Å². The summed E-state index contributed by atoms with van der Waals surface area (Å²) in [6.07, 6.45) is 0.821. The summed E-state index contributed by atoms with van der Waals surface area (Å²) in [5, 5.41) is 3.00. The minimum atomic E-state index is -0.293. The molecular weight excluding hydrogens is 332 g/mol. The van der Waals surface area contributed by atoms with Crippen LogP contribution < -0.4 is 10.2 Å². The highest BCUT2D eigenvalue weighted by Crippen LogP contribution is 2.22. The molecule has 0 spiro atoms. The van der Waals surface area contributed by atoms with Crippen molar-refractivity contribution in [2.24, 2.45) is 0 Å². The molecular formula is C20H26N2O2S. The summed E-state index contributed by atoms with van der Waals surface area (Å²) < 4.78 is 0. The van der Waals surface area contributed by atoms with E-state index in [2.05, 4.69) is 5.32 Å². The lowest BCUT2D eigenvalue weighted by molar-refractivity contribution is -0.121. The van der Waals surface area contributed by atoms with Crippen LogP contribution in [0.2, 0.25) is 0 Å². The highest BCUT2D eigenvalue weighted by atomic mass is 32.1. The van der Waals surface area contributed by atoms with Gasteiger partial charge in [-0.1, -0.05) is 24.6 Å². The fraction of sp³-hybridized carbons (Fsp3) is 0.400. The Morgan fingerprint density at radius 3 is 2.24 bits per heavy atom. The van der Waals surface area contributed by atoms with E-state index in [9.17, 15) is 9.59 Å². The second-order valence-electron chi connectivity index (χ2n) is 6.92. The maximum Gasteiger partial charge on any atom is 0.268 e. The van der Waals surface area contributed by atoms with Crippen molar-refractivity contribution < 1.29 is 9.59 Å². The number of carbonyl (C=O) groups excluding carboxylic acids is 2. The van der Waals surface area contributed by atoms with E-state index in [-0.39, 0.29) is 23.9 Å². The molecule has 5 heteroatoms. The molecule has 1 aromatic heterocycles. The van der Waals surface area contributed by atoms with Gasteiger partial charge in [0.15, 0.2) is 0 Å². The molecule has 1 heterocycles. The molecule has 0 atom stereocenters. The number of nitrogens with zero attached hydrogens (tertiary/aromatic N) is 1. The molecule has 0 bridgehead atoms. The zero-order valence-electron chi connectivity index (χ0n) is 15.6. The normalized spacial score (nSPS) is 11.2. The number of carbonyl (C=O) groups is 2. The summed E-state index contributed by atoms with van der Waals surface area (Å²) in [4.78, 5) is 28.7. The lowest BCUT2D eigenvalue weighted by Crippen LogP contribution is -2.48. The number of hydrogen-bond donors (Lipinski definition) is 1. The minimum Gasteiger partial charge on any atom is -0.350 e. The molecule has 0 aliphatic heterocycles. The lowest BCUT2D eigenvalue weighted by atomic mass is 10.0. The van der Waals surface area contributed by atoms with Crippen LogP contribution in [0.4, 0.5) is 5.69 Å². The van der Waals surface area contributed by atoms with E-state index in [1.807, 2.05) is 71.0 Å². The van der Waals surface area contributed by atoms with Gasteiger partial charge in [0.2, 0.25) is 5.91 Å². The molecule has 25 heavy (non-hydrogen) atoms. The van der Waals surface area contributed by atoms with Crippen LogP contribution in [0.1, 0.15) is 47.3 Å². The van der Waals surface area contributed by atoms with E-state index in [4.69, 9.17) is 0 Å². The molecule has 4 nitrogen and oxygen atoms in total. The van der Waals surface area contributed by atoms with Crippen molar-refractivity contribution in [2.45, 2.75) is 46.6 Å². The van der Waals surface area contributed by atoms with Gasteiger partial charge in [0, 0.05) is 16.1 Å². The molecule has 0 saturated heterocycles. The maximum absolute atomic E-state index is 13.0. The fourth-order valence-corrected chi connectivity index (χ4v) is 3.15. The number of anilines is 1. The average Bonchev–Trinajstić information content (AvgIpc) is 2.99. The van der Waals surface area contributed by atoms with Gasteiger partial charge in [0.05, 0.1) is 4.88 Å². The van der Waals surface area contributed by atoms with Crippen molar-refractivity contribution in [3.05, 3.63) is 51.7 Å². The Bertz CT molecular complexity index is 747. The molecule has 2 rings (SSSR count). The third-order valence-corrected chi connectivity index (χ3v) is 5.19. The van der Waals surface area contributed by atoms with Gasteiger partial charge in [-0.05, 0) is 58.4 Å². The van der Waals surface area contributed by atoms with Gasteiger partial charge in [-0.3, -0.25) is 14.5 Å². The van der Waals surface area contributed by atoms with Crippen LogP contribution in [0, 0.1) is 13.8 Å². The van der Waals surface area contributed by atoms with Crippen molar-refractivity contribution >= 4 is 28.8 Å². The number of amides is 2. The first-order valence-corrected chi connectivity index (χ1v) is 9.29. The van der Waals surface area contributed by atoms with E-state index in [1.54, 1.807) is 4.90 Å². The van der Waals surface area contributed by atoms with E-state index >= 15 is 0 Å². The SMILES string of the molecule is CCC(C)(C)NC(=O)CN(C(=O)c1ccc(C)s1)c1ccc(C)cc1. The number of nitrogens with one attached hydrogen (secondary N) is 1. The smallest absolute Gasteiger partial charge is 0.268 e. The molecule has 134 valence electrons. The summed E-state index contributed by atoms with van der Waals surface area (Å²) in [6.45, 7) is 9.94. The second-order valence-corrected chi connectivity index (χ2v) is 8.21. The van der Waals surface area contributed by atoms with E-state index in [0.29, 0.717) is 4.88 Å².